The van der Waals surface area contributed by atoms with E-state index in [4.69, 9.17) is 4.74 Å². The highest BCUT2D eigenvalue weighted by Gasteiger charge is 2.15. The lowest BCUT2D eigenvalue weighted by molar-refractivity contribution is -0.118. The van der Waals surface area contributed by atoms with Crippen LogP contribution in [-0.2, 0) is 11.3 Å². The molecule has 3 aromatic carbocycles. The van der Waals surface area contributed by atoms with E-state index in [0.29, 0.717) is 5.75 Å². The molecule has 0 unspecified atom stereocenters. The number of amides is 1. The van der Waals surface area contributed by atoms with Crippen LogP contribution < -0.4 is 10.1 Å². The van der Waals surface area contributed by atoms with Crippen molar-refractivity contribution in [1.82, 2.24) is 9.55 Å². The Bertz CT molecular complexity index is 1160. The molecule has 0 fully saturated rings. The number of thioether (sulfide) groups is 1. The van der Waals surface area contributed by atoms with Gasteiger partial charge in [0.1, 0.15) is 5.75 Å². The molecule has 5 nitrogen and oxygen atoms in total. The van der Waals surface area contributed by atoms with Gasteiger partial charge in [-0.2, -0.15) is 0 Å². The Morgan fingerprint density at radius 3 is 2.72 bits per heavy atom. The lowest BCUT2D eigenvalue weighted by Crippen LogP contribution is -2.20. The second-order valence-electron chi connectivity index (χ2n) is 6.87. The Kier molecular flexibility index (Phi) is 4.69. The summed E-state index contributed by atoms with van der Waals surface area (Å²) in [4.78, 5) is 16.9. The Balaban J connectivity index is 1.20. The highest BCUT2D eigenvalue weighted by molar-refractivity contribution is 7.99. The number of nitrogens with zero attached hydrogens (tertiary/aromatic N) is 2. The second-order valence-corrected chi connectivity index (χ2v) is 7.94. The third-order valence-electron chi connectivity index (χ3n) is 4.86. The molecule has 0 saturated heterocycles. The standard InChI is InChI=1S/C23H19N3O2S/c27-22(15-28-20-10-7-16-3-1-2-4-18(16)13-20)24-19-8-5-17(6-9-19)21-14-26-11-12-29-23(26)25-21/h1-10,13-14H,11-12,15H2,(H,24,27). The Hall–Kier alpha value is -3.25. The Labute approximate surface area is 172 Å². The zero-order chi connectivity index (χ0) is 19.6. The van der Waals surface area contributed by atoms with Crippen LogP contribution in [0, 0.1) is 0 Å². The number of aromatic nitrogens is 2. The molecule has 0 atom stereocenters. The predicted octanol–water partition coefficient (Wildman–Crippen LogP) is 4.83. The molecule has 0 radical (unpaired) electrons. The first-order chi connectivity index (χ1) is 14.2. The SMILES string of the molecule is O=C(COc1ccc2ccccc2c1)Nc1ccc(-c2cn3c(n2)SCC3)cc1. The van der Waals surface area contributed by atoms with Crippen LogP contribution in [0.1, 0.15) is 0 Å². The number of ether oxygens (including phenoxy) is 1. The number of hydrogen-bond acceptors (Lipinski definition) is 4. The first kappa shape index (κ1) is 17.8. The van der Waals surface area contributed by atoms with Gasteiger partial charge in [-0.05, 0) is 35.0 Å². The number of anilines is 1. The molecule has 1 N–H and O–H groups in total. The summed E-state index contributed by atoms with van der Waals surface area (Å²) in [5.74, 6) is 1.58. The molecule has 0 aliphatic carbocycles. The second kappa shape index (κ2) is 7.64. The summed E-state index contributed by atoms with van der Waals surface area (Å²) < 4.78 is 7.83. The first-order valence-electron chi connectivity index (χ1n) is 9.46. The minimum absolute atomic E-state index is 0.0366. The summed E-state index contributed by atoms with van der Waals surface area (Å²) in [6, 6.07) is 21.6. The number of carbonyl (C=O) groups excluding carboxylic acids is 1. The normalized spacial score (nSPS) is 12.7. The number of benzene rings is 3. The van der Waals surface area contributed by atoms with Crippen LogP contribution in [0.3, 0.4) is 0 Å². The third kappa shape index (κ3) is 3.84. The maximum absolute atomic E-state index is 12.2. The number of aryl methyl sites for hydroxylation is 1. The van der Waals surface area contributed by atoms with E-state index < -0.39 is 0 Å². The highest BCUT2D eigenvalue weighted by Crippen LogP contribution is 2.29. The van der Waals surface area contributed by atoms with E-state index in [0.717, 1.165) is 45.2 Å². The largest absolute Gasteiger partial charge is 0.484 e. The summed E-state index contributed by atoms with van der Waals surface area (Å²) in [6.45, 7) is 0.976. The van der Waals surface area contributed by atoms with Crippen molar-refractivity contribution in [2.24, 2.45) is 0 Å². The number of carbonyl (C=O) groups is 1. The summed E-state index contributed by atoms with van der Waals surface area (Å²) in [5, 5.41) is 6.18. The molecule has 29 heavy (non-hydrogen) atoms. The quantitative estimate of drug-likeness (QED) is 0.521. The summed E-state index contributed by atoms with van der Waals surface area (Å²) >= 11 is 1.78. The van der Waals surface area contributed by atoms with E-state index in [2.05, 4.69) is 21.1 Å². The van der Waals surface area contributed by atoms with Crippen LogP contribution in [0.5, 0.6) is 5.75 Å². The average molecular weight is 401 g/mol. The van der Waals surface area contributed by atoms with Gasteiger partial charge in [-0.25, -0.2) is 4.98 Å². The fourth-order valence-electron chi connectivity index (χ4n) is 3.38. The van der Waals surface area contributed by atoms with Crippen LogP contribution in [0.25, 0.3) is 22.0 Å². The van der Waals surface area contributed by atoms with Crippen LogP contribution in [0.15, 0.2) is 78.1 Å². The molecule has 0 bridgehead atoms. The van der Waals surface area contributed by atoms with Crippen molar-refractivity contribution in [2.75, 3.05) is 17.7 Å². The topological polar surface area (TPSA) is 56.1 Å². The molecule has 1 amide bonds. The van der Waals surface area contributed by atoms with Crippen molar-refractivity contribution in [3.63, 3.8) is 0 Å². The molecule has 2 heterocycles. The monoisotopic (exact) mass is 401 g/mol. The zero-order valence-electron chi connectivity index (χ0n) is 15.7. The van der Waals surface area contributed by atoms with Crippen molar-refractivity contribution in [3.05, 3.63) is 72.9 Å². The van der Waals surface area contributed by atoms with Crippen molar-refractivity contribution >= 4 is 34.1 Å². The van der Waals surface area contributed by atoms with Gasteiger partial charge in [-0.1, -0.05) is 54.2 Å². The van der Waals surface area contributed by atoms with Crippen molar-refractivity contribution in [2.45, 2.75) is 11.7 Å². The molecular formula is C23H19N3O2S. The maximum atomic E-state index is 12.2. The van der Waals surface area contributed by atoms with E-state index in [-0.39, 0.29) is 12.5 Å². The maximum Gasteiger partial charge on any atom is 0.262 e. The number of rotatable bonds is 5. The van der Waals surface area contributed by atoms with Crippen LogP contribution in [0.2, 0.25) is 0 Å². The minimum atomic E-state index is -0.191. The predicted molar refractivity (Wildman–Crippen MR) is 116 cm³/mol. The van der Waals surface area contributed by atoms with Gasteiger partial charge in [0, 0.05) is 29.7 Å². The van der Waals surface area contributed by atoms with Gasteiger partial charge in [0.2, 0.25) is 0 Å². The number of fused-ring (bicyclic) bond motifs is 2. The summed E-state index contributed by atoms with van der Waals surface area (Å²) in [7, 11) is 0. The molecule has 4 aromatic rings. The molecule has 144 valence electrons. The molecule has 5 rings (SSSR count). The van der Waals surface area contributed by atoms with Gasteiger partial charge >= 0.3 is 0 Å². The van der Waals surface area contributed by atoms with Crippen molar-refractivity contribution in [1.29, 1.82) is 0 Å². The van der Waals surface area contributed by atoms with Gasteiger partial charge in [0.15, 0.2) is 11.8 Å². The van der Waals surface area contributed by atoms with Crippen LogP contribution in [0.4, 0.5) is 5.69 Å². The molecule has 1 aliphatic rings. The van der Waals surface area contributed by atoms with Crippen molar-refractivity contribution in [3.8, 4) is 17.0 Å². The van der Waals surface area contributed by atoms with E-state index in [1.165, 1.54) is 0 Å². The first-order valence-corrected chi connectivity index (χ1v) is 10.4. The number of hydrogen-bond donors (Lipinski definition) is 1. The lowest BCUT2D eigenvalue weighted by Gasteiger charge is -2.09. The highest BCUT2D eigenvalue weighted by atomic mass is 32.2. The van der Waals surface area contributed by atoms with Crippen molar-refractivity contribution < 1.29 is 9.53 Å². The van der Waals surface area contributed by atoms with E-state index in [1.807, 2.05) is 66.7 Å². The molecule has 0 saturated carbocycles. The smallest absolute Gasteiger partial charge is 0.262 e. The van der Waals surface area contributed by atoms with Gasteiger partial charge in [-0.3, -0.25) is 4.79 Å². The summed E-state index contributed by atoms with van der Waals surface area (Å²) in [6.07, 6.45) is 2.08. The fraction of sp³-hybridized carbons (Fsp3) is 0.130. The zero-order valence-corrected chi connectivity index (χ0v) is 16.5. The van der Waals surface area contributed by atoms with Gasteiger partial charge < -0.3 is 14.6 Å². The Morgan fingerprint density at radius 1 is 1.07 bits per heavy atom. The van der Waals surface area contributed by atoms with Gasteiger partial charge in [0.05, 0.1) is 5.69 Å². The van der Waals surface area contributed by atoms with E-state index in [1.54, 1.807) is 11.8 Å². The van der Waals surface area contributed by atoms with Gasteiger partial charge in [-0.15, -0.1) is 0 Å². The van der Waals surface area contributed by atoms with Crippen LogP contribution >= 0.6 is 11.8 Å². The Morgan fingerprint density at radius 2 is 1.90 bits per heavy atom. The van der Waals surface area contributed by atoms with E-state index >= 15 is 0 Å². The summed E-state index contributed by atoms with van der Waals surface area (Å²) in [5.41, 5.74) is 2.74. The third-order valence-corrected chi connectivity index (χ3v) is 5.83. The van der Waals surface area contributed by atoms with Crippen LogP contribution in [-0.4, -0.2) is 27.8 Å². The number of imidazole rings is 1. The minimum Gasteiger partial charge on any atom is -0.484 e. The fourth-order valence-corrected chi connectivity index (χ4v) is 4.32. The molecule has 1 aliphatic heterocycles. The molecule has 6 heteroatoms. The van der Waals surface area contributed by atoms with Gasteiger partial charge in [0.25, 0.3) is 5.91 Å². The molecule has 1 aromatic heterocycles. The lowest BCUT2D eigenvalue weighted by atomic mass is 10.1. The average Bonchev–Trinajstić information content (AvgIpc) is 3.35. The number of nitrogens with one attached hydrogen (secondary N) is 1. The molecule has 0 spiro atoms. The molecular weight excluding hydrogens is 382 g/mol. The van der Waals surface area contributed by atoms with E-state index in [9.17, 15) is 4.79 Å².